The van der Waals surface area contributed by atoms with Crippen molar-refractivity contribution in [2.45, 2.75) is 13.3 Å². The molecule has 0 saturated carbocycles. The van der Waals surface area contributed by atoms with Crippen LogP contribution in [0.4, 0.5) is 22.0 Å². The molecule has 0 unspecified atom stereocenters. The number of nitrogens with one attached hydrogen (secondary N) is 2. The molecule has 6 heteroatoms. The van der Waals surface area contributed by atoms with Crippen LogP contribution in [0.25, 0.3) is 22.1 Å². The summed E-state index contributed by atoms with van der Waals surface area (Å²) < 4.78 is 5.22. The van der Waals surface area contributed by atoms with Crippen LogP contribution in [-0.4, -0.2) is 11.2 Å². The molecule has 0 radical (unpaired) electrons. The lowest BCUT2D eigenvalue weighted by molar-refractivity contribution is 0.262. The highest BCUT2D eigenvalue weighted by atomic mass is 16.5. The van der Waals surface area contributed by atoms with Crippen LogP contribution in [0, 0.1) is 0 Å². The Bertz CT molecular complexity index is 1130. The van der Waals surface area contributed by atoms with Crippen molar-refractivity contribution in [3.05, 3.63) is 72.3 Å². The second kappa shape index (κ2) is 7.44. The van der Waals surface area contributed by atoms with Gasteiger partial charge in [0.25, 0.3) is 0 Å². The average molecular weight is 372 g/mol. The van der Waals surface area contributed by atoms with E-state index in [1.165, 1.54) is 5.56 Å². The van der Waals surface area contributed by atoms with Gasteiger partial charge in [0.05, 0.1) is 5.39 Å². The molecule has 4 rings (SSSR count). The van der Waals surface area contributed by atoms with Gasteiger partial charge in [-0.3, -0.25) is 0 Å². The summed E-state index contributed by atoms with van der Waals surface area (Å²) in [6.45, 7) is 2.08. The van der Waals surface area contributed by atoms with Crippen molar-refractivity contribution in [3.8, 4) is 11.1 Å². The number of rotatable bonds is 4. The average Bonchev–Trinajstić information content (AvgIpc) is 3.10. The second-order valence-electron chi connectivity index (χ2n) is 6.46. The first kappa shape index (κ1) is 17.6. The van der Waals surface area contributed by atoms with Crippen LogP contribution in [0.3, 0.4) is 0 Å². The number of nitrogen functional groups attached to an aromatic ring is 1. The number of carbonyl (C=O) groups excluding carboxylic acids is 1. The predicted molar refractivity (Wildman–Crippen MR) is 112 cm³/mol. The first-order valence-corrected chi connectivity index (χ1v) is 9.05. The van der Waals surface area contributed by atoms with Gasteiger partial charge in [-0.2, -0.15) is 0 Å². The van der Waals surface area contributed by atoms with Gasteiger partial charge < -0.3 is 20.9 Å². The quantitative estimate of drug-likeness (QED) is 0.454. The number of aromatic nitrogens is 1. The zero-order chi connectivity index (χ0) is 19.5. The van der Waals surface area contributed by atoms with Crippen LogP contribution in [0.2, 0.25) is 0 Å². The molecule has 0 aliphatic carbocycles. The smallest absolute Gasteiger partial charge is 0.323 e. The standard InChI is InChI=1S/C22H20N4O2/c1-2-14-5-3-6-17(13-14)25-22(27)24-16-11-9-15(10-12-16)18-7-4-8-19-20(18)21(23)26-28-19/h3-13H,2H2,1H3,(H2,23,26)(H2,24,25,27). The van der Waals surface area contributed by atoms with E-state index < -0.39 is 0 Å². The van der Waals surface area contributed by atoms with Crippen molar-refractivity contribution < 1.29 is 9.32 Å². The van der Waals surface area contributed by atoms with E-state index in [0.717, 1.165) is 28.6 Å². The van der Waals surface area contributed by atoms with E-state index in [-0.39, 0.29) is 6.03 Å². The fraction of sp³-hybridized carbons (Fsp3) is 0.0909. The molecule has 0 atom stereocenters. The summed E-state index contributed by atoms with van der Waals surface area (Å²) in [4.78, 5) is 12.3. The maximum absolute atomic E-state index is 12.3. The van der Waals surface area contributed by atoms with Crippen molar-refractivity contribution in [2.75, 3.05) is 16.4 Å². The summed E-state index contributed by atoms with van der Waals surface area (Å²) in [6, 6.07) is 20.7. The number of hydrogen-bond donors (Lipinski definition) is 3. The van der Waals surface area contributed by atoms with Crippen molar-refractivity contribution in [1.29, 1.82) is 0 Å². The Morgan fingerprint density at radius 2 is 1.75 bits per heavy atom. The number of benzene rings is 3. The number of urea groups is 1. The lowest BCUT2D eigenvalue weighted by Gasteiger charge is -2.10. The number of hydrogen-bond acceptors (Lipinski definition) is 4. The number of aryl methyl sites for hydroxylation is 1. The fourth-order valence-corrected chi connectivity index (χ4v) is 3.15. The maximum atomic E-state index is 12.3. The molecule has 0 bridgehead atoms. The molecule has 0 spiro atoms. The summed E-state index contributed by atoms with van der Waals surface area (Å²) in [7, 11) is 0. The van der Waals surface area contributed by atoms with Gasteiger partial charge in [0.1, 0.15) is 0 Å². The zero-order valence-corrected chi connectivity index (χ0v) is 15.4. The van der Waals surface area contributed by atoms with Gasteiger partial charge in [-0.1, -0.05) is 48.5 Å². The molecule has 4 aromatic rings. The zero-order valence-electron chi connectivity index (χ0n) is 15.4. The maximum Gasteiger partial charge on any atom is 0.323 e. The first-order chi connectivity index (χ1) is 13.6. The molecule has 0 fully saturated rings. The third-order valence-electron chi connectivity index (χ3n) is 4.57. The molecule has 28 heavy (non-hydrogen) atoms. The summed E-state index contributed by atoms with van der Waals surface area (Å²) in [5.74, 6) is 0.362. The molecule has 0 aliphatic rings. The lowest BCUT2D eigenvalue weighted by atomic mass is 10.0. The minimum atomic E-state index is -0.286. The van der Waals surface area contributed by atoms with E-state index in [1.54, 1.807) is 0 Å². The van der Waals surface area contributed by atoms with Gasteiger partial charge >= 0.3 is 6.03 Å². The Hall–Kier alpha value is -3.80. The number of fused-ring (bicyclic) bond motifs is 1. The molecule has 140 valence electrons. The van der Waals surface area contributed by atoms with Crippen LogP contribution in [0.15, 0.2) is 71.3 Å². The van der Waals surface area contributed by atoms with Crippen molar-refractivity contribution >= 4 is 34.2 Å². The number of anilines is 3. The summed E-state index contributed by atoms with van der Waals surface area (Å²) in [6.07, 6.45) is 0.919. The molecule has 2 amide bonds. The van der Waals surface area contributed by atoms with Crippen molar-refractivity contribution in [1.82, 2.24) is 5.16 Å². The van der Waals surface area contributed by atoms with Crippen molar-refractivity contribution in [3.63, 3.8) is 0 Å². The molecule has 0 saturated heterocycles. The SMILES string of the molecule is CCc1cccc(NC(=O)Nc2ccc(-c3cccc4onc(N)c34)cc2)c1. The van der Waals surface area contributed by atoms with E-state index in [0.29, 0.717) is 17.1 Å². The molecule has 0 aliphatic heterocycles. The largest absolute Gasteiger partial charge is 0.380 e. The van der Waals surface area contributed by atoms with E-state index in [4.69, 9.17) is 10.3 Å². The van der Waals surface area contributed by atoms with E-state index in [1.807, 2.05) is 66.7 Å². The molecular formula is C22H20N4O2. The van der Waals surface area contributed by atoms with Gasteiger partial charge in [0, 0.05) is 11.4 Å². The van der Waals surface area contributed by atoms with Crippen LogP contribution >= 0.6 is 0 Å². The molecule has 1 heterocycles. The minimum Gasteiger partial charge on any atom is -0.380 e. The Morgan fingerprint density at radius 1 is 1.00 bits per heavy atom. The minimum absolute atomic E-state index is 0.286. The number of carbonyl (C=O) groups is 1. The third kappa shape index (κ3) is 3.53. The van der Waals surface area contributed by atoms with Crippen LogP contribution in [0.5, 0.6) is 0 Å². The van der Waals surface area contributed by atoms with Crippen LogP contribution < -0.4 is 16.4 Å². The number of nitrogens with zero attached hydrogens (tertiary/aromatic N) is 1. The highest BCUT2D eigenvalue weighted by molar-refractivity contribution is 6.02. The van der Waals surface area contributed by atoms with Gasteiger partial charge in [-0.15, -0.1) is 0 Å². The number of amides is 2. The van der Waals surface area contributed by atoms with E-state index >= 15 is 0 Å². The summed E-state index contributed by atoms with van der Waals surface area (Å²) in [5, 5.41) is 10.3. The molecule has 4 N–H and O–H groups in total. The van der Waals surface area contributed by atoms with Gasteiger partial charge in [-0.05, 0) is 53.4 Å². The topological polar surface area (TPSA) is 93.2 Å². The molecular weight excluding hydrogens is 352 g/mol. The predicted octanol–water partition coefficient (Wildman–Crippen LogP) is 5.28. The van der Waals surface area contributed by atoms with E-state index in [2.05, 4.69) is 22.7 Å². The van der Waals surface area contributed by atoms with Gasteiger partial charge in [-0.25, -0.2) is 4.79 Å². The number of nitrogens with two attached hydrogens (primary N) is 1. The Balaban J connectivity index is 1.50. The molecule has 3 aromatic carbocycles. The third-order valence-corrected chi connectivity index (χ3v) is 4.57. The summed E-state index contributed by atoms with van der Waals surface area (Å²) >= 11 is 0. The fourth-order valence-electron chi connectivity index (χ4n) is 3.15. The van der Waals surface area contributed by atoms with Gasteiger partial charge in [0.15, 0.2) is 11.4 Å². The Kier molecular flexibility index (Phi) is 4.68. The molecule has 1 aromatic heterocycles. The van der Waals surface area contributed by atoms with Crippen LogP contribution in [0.1, 0.15) is 12.5 Å². The second-order valence-corrected chi connectivity index (χ2v) is 6.46. The summed E-state index contributed by atoms with van der Waals surface area (Å²) in [5.41, 5.74) is 11.1. The monoisotopic (exact) mass is 372 g/mol. The highest BCUT2D eigenvalue weighted by Crippen LogP contribution is 2.32. The van der Waals surface area contributed by atoms with Crippen LogP contribution in [-0.2, 0) is 6.42 Å². The van der Waals surface area contributed by atoms with Gasteiger partial charge in [0.2, 0.25) is 0 Å². The first-order valence-electron chi connectivity index (χ1n) is 9.05. The Morgan fingerprint density at radius 3 is 2.54 bits per heavy atom. The normalized spacial score (nSPS) is 10.8. The highest BCUT2D eigenvalue weighted by Gasteiger charge is 2.11. The Labute approximate surface area is 162 Å². The van der Waals surface area contributed by atoms with E-state index in [9.17, 15) is 4.79 Å². The van der Waals surface area contributed by atoms with Crippen molar-refractivity contribution in [2.24, 2.45) is 0 Å². The lowest BCUT2D eigenvalue weighted by Crippen LogP contribution is -2.19. The molecule has 6 nitrogen and oxygen atoms in total.